The normalized spacial score (nSPS) is 30.3. The third kappa shape index (κ3) is 1.73. The van der Waals surface area contributed by atoms with Gasteiger partial charge in [0, 0.05) is 6.42 Å². The van der Waals surface area contributed by atoms with Gasteiger partial charge in [-0.25, -0.2) is 4.79 Å². The molecule has 1 aromatic carbocycles. The molecule has 1 aliphatic rings. The summed E-state index contributed by atoms with van der Waals surface area (Å²) in [6.45, 7) is -0.137. The first-order valence-electron chi connectivity index (χ1n) is 4.74. The maximum Gasteiger partial charge on any atom is 0.341 e. The van der Waals surface area contributed by atoms with E-state index in [1.807, 2.05) is 18.2 Å². The molecule has 2 unspecified atom stereocenters. The first-order valence-corrected chi connectivity index (χ1v) is 4.74. The van der Waals surface area contributed by atoms with Crippen LogP contribution in [-0.2, 0) is 16.0 Å². The van der Waals surface area contributed by atoms with E-state index in [2.05, 4.69) is 4.74 Å². The molecule has 80 valence electrons. The summed E-state index contributed by atoms with van der Waals surface area (Å²) < 4.78 is 4.61. The number of cyclic esters (lactones) is 1. The van der Waals surface area contributed by atoms with Gasteiger partial charge in [0.2, 0.25) is 0 Å². The number of carbonyl (C=O) groups excluding carboxylic acids is 1. The number of benzene rings is 1. The molecule has 1 saturated heterocycles. The van der Waals surface area contributed by atoms with Crippen molar-refractivity contribution in [2.45, 2.75) is 18.1 Å². The molecule has 0 amide bonds. The van der Waals surface area contributed by atoms with Crippen molar-refractivity contribution in [2.24, 2.45) is 0 Å². The van der Waals surface area contributed by atoms with Gasteiger partial charge in [-0.1, -0.05) is 30.3 Å². The molecule has 1 aromatic rings. The molecule has 0 saturated carbocycles. The molecule has 0 radical (unpaired) electrons. The van der Waals surface area contributed by atoms with Gasteiger partial charge in [-0.15, -0.1) is 0 Å². The van der Waals surface area contributed by atoms with Gasteiger partial charge in [-0.2, -0.15) is 0 Å². The minimum absolute atomic E-state index is 0.0772. The van der Waals surface area contributed by atoms with Gasteiger partial charge in [-0.3, -0.25) is 0 Å². The van der Waals surface area contributed by atoms with E-state index in [1.165, 1.54) is 0 Å². The van der Waals surface area contributed by atoms with E-state index in [0.29, 0.717) is 0 Å². The van der Waals surface area contributed by atoms with Crippen molar-refractivity contribution in [2.75, 3.05) is 6.61 Å². The van der Waals surface area contributed by atoms with Gasteiger partial charge in [0.25, 0.3) is 0 Å². The first-order chi connectivity index (χ1) is 7.13. The molecular formula is C11H12O4. The Morgan fingerprint density at radius 1 is 1.40 bits per heavy atom. The predicted octanol–water partition coefficient (Wildman–Crippen LogP) is -0.122. The number of ether oxygens (including phenoxy) is 1. The zero-order valence-electron chi connectivity index (χ0n) is 8.09. The molecule has 1 heterocycles. The number of rotatable bonds is 2. The minimum atomic E-state index is -1.79. The van der Waals surface area contributed by atoms with E-state index < -0.39 is 17.7 Å². The fourth-order valence-electron chi connectivity index (χ4n) is 1.65. The fourth-order valence-corrected chi connectivity index (χ4v) is 1.65. The van der Waals surface area contributed by atoms with Crippen molar-refractivity contribution in [1.29, 1.82) is 0 Å². The summed E-state index contributed by atoms with van der Waals surface area (Å²) in [4.78, 5) is 11.3. The number of esters is 1. The zero-order valence-corrected chi connectivity index (χ0v) is 8.09. The van der Waals surface area contributed by atoms with E-state index >= 15 is 0 Å². The third-order valence-corrected chi connectivity index (χ3v) is 2.59. The standard InChI is InChI=1S/C11H12O4/c12-9-7-15-10(13)11(9,14)6-8-4-2-1-3-5-8/h1-5,9,12,14H,6-7H2. The molecule has 4 heteroatoms. The highest BCUT2D eigenvalue weighted by Crippen LogP contribution is 2.25. The van der Waals surface area contributed by atoms with Crippen LogP contribution >= 0.6 is 0 Å². The molecule has 4 nitrogen and oxygen atoms in total. The maximum atomic E-state index is 11.3. The SMILES string of the molecule is O=C1OCC(O)C1(O)Cc1ccccc1. The Morgan fingerprint density at radius 3 is 2.60 bits per heavy atom. The Balaban J connectivity index is 2.21. The highest BCUT2D eigenvalue weighted by molar-refractivity contribution is 5.82. The second-order valence-corrected chi connectivity index (χ2v) is 3.70. The Labute approximate surface area is 87.1 Å². The van der Waals surface area contributed by atoms with Crippen LogP contribution in [0.2, 0.25) is 0 Å². The fraction of sp³-hybridized carbons (Fsp3) is 0.364. The molecular weight excluding hydrogens is 196 g/mol. The van der Waals surface area contributed by atoms with Crippen LogP contribution in [0, 0.1) is 0 Å². The van der Waals surface area contributed by atoms with E-state index in [4.69, 9.17) is 0 Å². The lowest BCUT2D eigenvalue weighted by molar-refractivity contribution is -0.155. The highest BCUT2D eigenvalue weighted by atomic mass is 16.6. The highest BCUT2D eigenvalue weighted by Gasteiger charge is 2.50. The predicted molar refractivity (Wildman–Crippen MR) is 52.1 cm³/mol. The molecule has 0 spiro atoms. The number of hydrogen-bond donors (Lipinski definition) is 2. The van der Waals surface area contributed by atoms with Gasteiger partial charge < -0.3 is 14.9 Å². The molecule has 2 rings (SSSR count). The zero-order chi connectivity index (χ0) is 10.9. The van der Waals surface area contributed by atoms with E-state index in [0.717, 1.165) is 5.56 Å². The number of carbonyl (C=O) groups is 1. The molecule has 0 aliphatic carbocycles. The first kappa shape index (κ1) is 10.1. The van der Waals surface area contributed by atoms with Crippen molar-refractivity contribution in [3.63, 3.8) is 0 Å². The second kappa shape index (κ2) is 3.64. The Hall–Kier alpha value is -1.39. The van der Waals surface area contributed by atoms with Crippen molar-refractivity contribution >= 4 is 5.97 Å². The monoisotopic (exact) mass is 208 g/mol. The van der Waals surface area contributed by atoms with E-state index in [-0.39, 0.29) is 13.0 Å². The maximum absolute atomic E-state index is 11.3. The molecule has 0 aromatic heterocycles. The van der Waals surface area contributed by atoms with Crippen LogP contribution in [0.1, 0.15) is 5.56 Å². The summed E-state index contributed by atoms with van der Waals surface area (Å²) in [6.07, 6.45) is -1.07. The third-order valence-electron chi connectivity index (χ3n) is 2.59. The summed E-state index contributed by atoms with van der Waals surface area (Å²) in [5.41, 5.74) is -1.00. The largest absolute Gasteiger partial charge is 0.461 e. The quantitative estimate of drug-likeness (QED) is 0.665. The Kier molecular flexibility index (Phi) is 2.46. The van der Waals surface area contributed by atoms with Crippen LogP contribution in [0.4, 0.5) is 0 Å². The van der Waals surface area contributed by atoms with Gasteiger partial charge in [-0.05, 0) is 5.56 Å². The smallest absolute Gasteiger partial charge is 0.341 e. The van der Waals surface area contributed by atoms with Gasteiger partial charge >= 0.3 is 5.97 Å². The van der Waals surface area contributed by atoms with Crippen LogP contribution in [-0.4, -0.2) is 34.5 Å². The summed E-state index contributed by atoms with van der Waals surface area (Å²) in [7, 11) is 0. The summed E-state index contributed by atoms with van der Waals surface area (Å²) in [5.74, 6) is -0.751. The summed E-state index contributed by atoms with van der Waals surface area (Å²) in [5, 5.41) is 19.4. The van der Waals surface area contributed by atoms with Gasteiger partial charge in [0.05, 0.1) is 0 Å². The van der Waals surface area contributed by atoms with E-state index in [9.17, 15) is 15.0 Å². The van der Waals surface area contributed by atoms with Crippen molar-refractivity contribution in [3.05, 3.63) is 35.9 Å². The van der Waals surface area contributed by atoms with Crippen LogP contribution < -0.4 is 0 Å². The lowest BCUT2D eigenvalue weighted by Crippen LogP contribution is -2.46. The average Bonchev–Trinajstić information content (AvgIpc) is 2.48. The Morgan fingerprint density at radius 2 is 2.07 bits per heavy atom. The van der Waals surface area contributed by atoms with Crippen LogP contribution in [0.3, 0.4) is 0 Å². The van der Waals surface area contributed by atoms with Crippen LogP contribution in [0.5, 0.6) is 0 Å². The molecule has 2 N–H and O–H groups in total. The van der Waals surface area contributed by atoms with Crippen LogP contribution in [0.25, 0.3) is 0 Å². The van der Waals surface area contributed by atoms with Crippen molar-refractivity contribution in [3.8, 4) is 0 Å². The van der Waals surface area contributed by atoms with Crippen molar-refractivity contribution < 1.29 is 19.7 Å². The van der Waals surface area contributed by atoms with E-state index in [1.54, 1.807) is 12.1 Å². The number of aliphatic hydroxyl groups excluding tert-OH is 1. The molecule has 2 atom stereocenters. The second-order valence-electron chi connectivity index (χ2n) is 3.70. The summed E-state index contributed by atoms with van der Waals surface area (Å²) in [6, 6.07) is 9.04. The van der Waals surface area contributed by atoms with Gasteiger partial charge in [0.1, 0.15) is 12.7 Å². The minimum Gasteiger partial charge on any atom is -0.461 e. The summed E-state index contributed by atoms with van der Waals surface area (Å²) >= 11 is 0. The van der Waals surface area contributed by atoms with Gasteiger partial charge in [0.15, 0.2) is 5.60 Å². The molecule has 1 aliphatic heterocycles. The average molecular weight is 208 g/mol. The molecule has 15 heavy (non-hydrogen) atoms. The molecule has 1 fully saturated rings. The lowest BCUT2D eigenvalue weighted by Gasteiger charge is -2.21. The van der Waals surface area contributed by atoms with Crippen LogP contribution in [0.15, 0.2) is 30.3 Å². The lowest BCUT2D eigenvalue weighted by atomic mass is 9.91. The molecule has 0 bridgehead atoms. The topological polar surface area (TPSA) is 66.8 Å². The Bertz CT molecular complexity index is 362. The number of aliphatic hydroxyl groups is 2. The van der Waals surface area contributed by atoms with Crippen molar-refractivity contribution in [1.82, 2.24) is 0 Å². The number of hydrogen-bond acceptors (Lipinski definition) is 4.